The summed E-state index contributed by atoms with van der Waals surface area (Å²) in [5.41, 5.74) is -1.38. The van der Waals surface area contributed by atoms with E-state index in [-0.39, 0.29) is 5.92 Å². The van der Waals surface area contributed by atoms with Crippen LogP contribution in [0.25, 0.3) is 0 Å². The second kappa shape index (κ2) is 1.23. The summed E-state index contributed by atoms with van der Waals surface area (Å²) >= 11 is 0. The molecule has 1 aliphatic rings. The van der Waals surface area contributed by atoms with Crippen LogP contribution in [0.4, 0.5) is 0 Å². The van der Waals surface area contributed by atoms with Crippen molar-refractivity contribution in [1.82, 2.24) is 0 Å². The maximum atomic E-state index is 10.0. The zero-order chi connectivity index (χ0) is 6.36. The van der Waals surface area contributed by atoms with Crippen molar-refractivity contribution >= 4 is 5.97 Å². The lowest BCUT2D eigenvalue weighted by molar-refractivity contribution is -0.149. The van der Waals surface area contributed by atoms with E-state index in [4.69, 9.17) is 10.2 Å². The van der Waals surface area contributed by atoms with E-state index >= 15 is 0 Å². The van der Waals surface area contributed by atoms with Crippen LogP contribution >= 0.6 is 0 Å². The van der Waals surface area contributed by atoms with Gasteiger partial charge in [0.25, 0.3) is 0 Å². The van der Waals surface area contributed by atoms with Crippen LogP contribution in [-0.2, 0) is 4.79 Å². The van der Waals surface area contributed by atoms with Crippen LogP contribution in [0.3, 0.4) is 0 Å². The summed E-state index contributed by atoms with van der Waals surface area (Å²) in [7, 11) is 0. The Kier molecular flexibility index (Phi) is 0.854. The van der Waals surface area contributed by atoms with Crippen LogP contribution in [0.5, 0.6) is 0 Å². The number of carbonyl (C=O) groups is 1. The minimum atomic E-state index is -1.38. The second-order valence-corrected chi connectivity index (χ2v) is 2.33. The SMILES string of the molecule is C[C@H]1C[C@@]1(O)C(=O)O. The predicted molar refractivity (Wildman–Crippen MR) is 26.4 cm³/mol. The first-order valence-electron chi connectivity index (χ1n) is 2.53. The van der Waals surface area contributed by atoms with E-state index in [1.807, 2.05) is 0 Å². The molecule has 1 saturated carbocycles. The Balaban J connectivity index is 2.60. The predicted octanol–water partition coefficient (Wildman–Crippen LogP) is -0.158. The molecule has 0 aromatic rings. The second-order valence-electron chi connectivity index (χ2n) is 2.33. The lowest BCUT2D eigenvalue weighted by atomic mass is 10.3. The molecule has 3 nitrogen and oxygen atoms in total. The molecule has 0 aromatic carbocycles. The lowest BCUT2D eigenvalue weighted by Crippen LogP contribution is -2.22. The fourth-order valence-corrected chi connectivity index (χ4v) is 0.706. The number of carboxylic acids is 1. The Morgan fingerprint density at radius 1 is 1.88 bits per heavy atom. The van der Waals surface area contributed by atoms with Gasteiger partial charge >= 0.3 is 5.97 Å². The van der Waals surface area contributed by atoms with Gasteiger partial charge in [0.1, 0.15) is 0 Å². The molecule has 0 amide bonds. The lowest BCUT2D eigenvalue weighted by Gasteiger charge is -1.97. The van der Waals surface area contributed by atoms with Gasteiger partial charge in [-0.2, -0.15) is 0 Å². The number of aliphatic hydroxyl groups is 1. The Hall–Kier alpha value is -0.570. The minimum absolute atomic E-state index is 0.0556. The van der Waals surface area contributed by atoms with Crippen LogP contribution in [0.2, 0.25) is 0 Å². The Morgan fingerprint density at radius 2 is 2.25 bits per heavy atom. The highest BCUT2D eigenvalue weighted by Gasteiger charge is 2.56. The van der Waals surface area contributed by atoms with Gasteiger partial charge in [0, 0.05) is 0 Å². The normalized spacial score (nSPS) is 44.0. The largest absolute Gasteiger partial charge is 0.479 e. The average molecular weight is 116 g/mol. The van der Waals surface area contributed by atoms with Crippen molar-refractivity contribution in [2.45, 2.75) is 18.9 Å². The maximum absolute atomic E-state index is 10.0. The van der Waals surface area contributed by atoms with E-state index in [1.165, 1.54) is 0 Å². The molecule has 1 aliphatic carbocycles. The van der Waals surface area contributed by atoms with Gasteiger partial charge in [-0.1, -0.05) is 6.92 Å². The number of aliphatic carboxylic acids is 1. The average Bonchev–Trinajstić information content (AvgIpc) is 2.17. The van der Waals surface area contributed by atoms with Crippen molar-refractivity contribution in [1.29, 1.82) is 0 Å². The standard InChI is InChI=1S/C5H8O3/c1-3-2-5(3,8)4(6)7/h3,8H,2H2,1H3,(H,6,7)/t3-,5-/m0/s1. The van der Waals surface area contributed by atoms with Crippen molar-refractivity contribution in [3.63, 3.8) is 0 Å². The summed E-state index contributed by atoms with van der Waals surface area (Å²) < 4.78 is 0. The van der Waals surface area contributed by atoms with Crippen LogP contribution in [0.15, 0.2) is 0 Å². The summed E-state index contributed by atoms with van der Waals surface area (Å²) in [6.07, 6.45) is 0.405. The number of rotatable bonds is 1. The van der Waals surface area contributed by atoms with Crippen LogP contribution in [0, 0.1) is 5.92 Å². The van der Waals surface area contributed by atoms with Gasteiger partial charge in [0.05, 0.1) is 0 Å². The summed E-state index contributed by atoms with van der Waals surface area (Å²) in [6.45, 7) is 1.72. The molecular formula is C5H8O3. The Labute approximate surface area is 46.9 Å². The smallest absolute Gasteiger partial charge is 0.335 e. The highest BCUT2D eigenvalue weighted by molar-refractivity contribution is 5.81. The molecule has 0 unspecified atom stereocenters. The van der Waals surface area contributed by atoms with Gasteiger partial charge in [-0.15, -0.1) is 0 Å². The number of hydrogen-bond donors (Lipinski definition) is 2. The molecule has 0 heterocycles. The summed E-state index contributed by atoms with van der Waals surface area (Å²) in [5, 5.41) is 17.1. The molecule has 46 valence electrons. The minimum Gasteiger partial charge on any atom is -0.479 e. The zero-order valence-corrected chi connectivity index (χ0v) is 4.59. The molecule has 0 bridgehead atoms. The van der Waals surface area contributed by atoms with Crippen LogP contribution < -0.4 is 0 Å². The topological polar surface area (TPSA) is 57.5 Å². The van der Waals surface area contributed by atoms with E-state index in [2.05, 4.69) is 0 Å². The third-order valence-corrected chi connectivity index (χ3v) is 1.64. The molecule has 0 aliphatic heterocycles. The third kappa shape index (κ3) is 0.512. The first-order valence-corrected chi connectivity index (χ1v) is 2.53. The monoisotopic (exact) mass is 116 g/mol. The van der Waals surface area contributed by atoms with Gasteiger partial charge in [-0.25, -0.2) is 4.79 Å². The number of carboxylic acid groups (broad SMARTS) is 1. The van der Waals surface area contributed by atoms with Gasteiger partial charge in [-0.05, 0) is 12.3 Å². The molecule has 0 saturated heterocycles. The molecule has 0 radical (unpaired) electrons. The van der Waals surface area contributed by atoms with Crippen molar-refractivity contribution in [2.24, 2.45) is 5.92 Å². The van der Waals surface area contributed by atoms with E-state index < -0.39 is 11.6 Å². The van der Waals surface area contributed by atoms with Crippen LogP contribution in [-0.4, -0.2) is 21.8 Å². The summed E-state index contributed by atoms with van der Waals surface area (Å²) in [6, 6.07) is 0. The van der Waals surface area contributed by atoms with Crippen molar-refractivity contribution in [2.75, 3.05) is 0 Å². The van der Waals surface area contributed by atoms with Crippen molar-refractivity contribution < 1.29 is 15.0 Å². The van der Waals surface area contributed by atoms with E-state index in [9.17, 15) is 4.79 Å². The fourth-order valence-electron chi connectivity index (χ4n) is 0.706. The fraction of sp³-hybridized carbons (Fsp3) is 0.800. The van der Waals surface area contributed by atoms with E-state index in [1.54, 1.807) is 6.92 Å². The van der Waals surface area contributed by atoms with Gasteiger partial charge in [-0.3, -0.25) is 0 Å². The quantitative estimate of drug-likeness (QED) is 0.500. The van der Waals surface area contributed by atoms with E-state index in [0.717, 1.165) is 0 Å². The zero-order valence-electron chi connectivity index (χ0n) is 4.59. The van der Waals surface area contributed by atoms with Crippen LogP contribution in [0.1, 0.15) is 13.3 Å². The summed E-state index contributed by atoms with van der Waals surface area (Å²) in [5.74, 6) is -1.15. The molecule has 0 spiro atoms. The summed E-state index contributed by atoms with van der Waals surface area (Å²) in [4.78, 5) is 10.0. The van der Waals surface area contributed by atoms with Crippen molar-refractivity contribution in [3.05, 3.63) is 0 Å². The first kappa shape index (κ1) is 5.56. The van der Waals surface area contributed by atoms with Gasteiger partial charge in [0.2, 0.25) is 0 Å². The van der Waals surface area contributed by atoms with Gasteiger partial charge < -0.3 is 10.2 Å². The molecule has 3 heteroatoms. The third-order valence-electron chi connectivity index (χ3n) is 1.64. The molecule has 0 aromatic heterocycles. The first-order chi connectivity index (χ1) is 3.57. The highest BCUT2D eigenvalue weighted by Crippen LogP contribution is 2.42. The molecule has 2 atom stereocenters. The molecule has 1 fully saturated rings. The number of hydrogen-bond acceptors (Lipinski definition) is 2. The Morgan fingerprint density at radius 3 is 2.25 bits per heavy atom. The Bertz CT molecular complexity index is 132. The maximum Gasteiger partial charge on any atom is 0.335 e. The molecule has 1 rings (SSSR count). The molecule has 2 N–H and O–H groups in total. The van der Waals surface area contributed by atoms with Crippen molar-refractivity contribution in [3.8, 4) is 0 Å². The molecule has 8 heavy (non-hydrogen) atoms. The molecular weight excluding hydrogens is 108 g/mol. The van der Waals surface area contributed by atoms with E-state index in [0.29, 0.717) is 6.42 Å². The highest BCUT2D eigenvalue weighted by atomic mass is 16.4. The van der Waals surface area contributed by atoms with Gasteiger partial charge in [0.15, 0.2) is 5.60 Å².